The lowest BCUT2D eigenvalue weighted by molar-refractivity contribution is -0.430. The van der Waals surface area contributed by atoms with Gasteiger partial charge in [0.15, 0.2) is 8.32 Å². The maximum absolute atomic E-state index is 10.8. The van der Waals surface area contributed by atoms with Crippen LogP contribution in [-0.4, -0.2) is 19.8 Å². The molecule has 0 saturated carbocycles. The second kappa shape index (κ2) is 6.18. The van der Waals surface area contributed by atoms with Gasteiger partial charge in [-0.1, -0.05) is 20.8 Å². The second-order valence-electron chi connectivity index (χ2n) is 7.00. The van der Waals surface area contributed by atoms with Crippen molar-refractivity contribution in [1.29, 1.82) is 0 Å². The number of nitrogens with zero attached hydrogens (tertiary/aromatic N) is 1. The lowest BCUT2D eigenvalue weighted by Crippen LogP contribution is -2.41. The van der Waals surface area contributed by atoms with Gasteiger partial charge in [-0.2, -0.15) is 0 Å². The smallest absolute Gasteiger partial charge is 0.242 e. The summed E-state index contributed by atoms with van der Waals surface area (Å²) in [5.74, 6) is 0.412. The van der Waals surface area contributed by atoms with E-state index in [4.69, 9.17) is 4.43 Å². The van der Waals surface area contributed by atoms with Crippen LogP contribution in [0.4, 0.5) is 0 Å². The number of hydrogen-bond acceptors (Lipinski definition) is 3. The zero-order valence-corrected chi connectivity index (χ0v) is 13.9. The lowest BCUT2D eigenvalue weighted by atomic mass is 9.90. The Hall–Kier alpha value is -0.683. The largest absolute Gasteiger partial charge is 0.417 e. The Morgan fingerprint density at radius 1 is 1.47 bits per heavy atom. The molecule has 19 heavy (non-hydrogen) atoms. The van der Waals surface area contributed by atoms with Crippen molar-refractivity contribution in [1.82, 2.24) is 0 Å². The van der Waals surface area contributed by atoms with Crippen LogP contribution in [0, 0.1) is 16.0 Å². The predicted octanol–water partition coefficient (Wildman–Crippen LogP) is 4.36. The van der Waals surface area contributed by atoms with Crippen LogP contribution in [0.25, 0.3) is 0 Å². The Balaban J connectivity index is 2.39. The molecule has 1 aliphatic rings. The van der Waals surface area contributed by atoms with E-state index in [-0.39, 0.29) is 9.96 Å². The average Bonchev–Trinajstić information content (AvgIpc) is 2.27. The van der Waals surface area contributed by atoms with Crippen LogP contribution in [0.5, 0.6) is 0 Å². The molecule has 0 aliphatic heterocycles. The van der Waals surface area contributed by atoms with Crippen LogP contribution in [0.2, 0.25) is 18.1 Å². The molecular weight excluding hydrogens is 258 g/mol. The average molecular weight is 285 g/mol. The summed E-state index contributed by atoms with van der Waals surface area (Å²) in [4.78, 5) is 10.5. The second-order valence-corrected chi connectivity index (χ2v) is 11.8. The molecule has 1 unspecified atom stereocenters. The number of hydrogen-bond donors (Lipinski definition) is 0. The van der Waals surface area contributed by atoms with Crippen LogP contribution in [0.15, 0.2) is 11.8 Å². The standard InChI is InChI=1S/C14H27NO3Si/c1-14(2,3)19(4,5)18-10-9-12-7-6-8-13(11-12)15(16)17/h8,12H,6-7,9-11H2,1-5H3. The van der Waals surface area contributed by atoms with Gasteiger partial charge in [0.2, 0.25) is 5.70 Å². The number of allylic oxidation sites excluding steroid dienone is 2. The third kappa shape index (κ3) is 4.73. The highest BCUT2D eigenvalue weighted by Gasteiger charge is 2.37. The van der Waals surface area contributed by atoms with Gasteiger partial charge in [0.1, 0.15) is 0 Å². The maximum Gasteiger partial charge on any atom is 0.242 e. The number of rotatable bonds is 5. The fourth-order valence-corrected chi connectivity index (χ4v) is 3.12. The van der Waals surface area contributed by atoms with Gasteiger partial charge in [0.25, 0.3) is 0 Å². The molecule has 0 aromatic heterocycles. The van der Waals surface area contributed by atoms with E-state index in [1.807, 2.05) is 0 Å². The highest BCUT2D eigenvalue weighted by molar-refractivity contribution is 6.74. The van der Waals surface area contributed by atoms with Crippen LogP contribution in [0.3, 0.4) is 0 Å². The van der Waals surface area contributed by atoms with E-state index in [0.29, 0.717) is 18.0 Å². The van der Waals surface area contributed by atoms with Crippen molar-refractivity contribution in [3.8, 4) is 0 Å². The van der Waals surface area contributed by atoms with Gasteiger partial charge in [0.05, 0.1) is 4.92 Å². The first-order valence-electron chi connectivity index (χ1n) is 7.11. The fourth-order valence-electron chi connectivity index (χ4n) is 2.06. The summed E-state index contributed by atoms with van der Waals surface area (Å²) in [5.41, 5.74) is 0.392. The summed E-state index contributed by atoms with van der Waals surface area (Å²) >= 11 is 0. The quantitative estimate of drug-likeness (QED) is 0.428. The zero-order valence-electron chi connectivity index (χ0n) is 12.9. The highest BCUT2D eigenvalue weighted by atomic mass is 28.4. The monoisotopic (exact) mass is 285 g/mol. The van der Waals surface area contributed by atoms with Crippen LogP contribution < -0.4 is 0 Å². The minimum atomic E-state index is -1.68. The van der Waals surface area contributed by atoms with E-state index in [2.05, 4.69) is 33.9 Å². The summed E-state index contributed by atoms with van der Waals surface area (Å²) in [6, 6.07) is 0. The van der Waals surface area contributed by atoms with Crippen molar-refractivity contribution in [3.63, 3.8) is 0 Å². The maximum atomic E-state index is 10.8. The molecule has 1 rings (SSSR count). The first kappa shape index (κ1) is 16.4. The van der Waals surface area contributed by atoms with Gasteiger partial charge in [0, 0.05) is 13.0 Å². The van der Waals surface area contributed by atoms with Gasteiger partial charge < -0.3 is 4.43 Å². The van der Waals surface area contributed by atoms with E-state index in [1.54, 1.807) is 6.08 Å². The van der Waals surface area contributed by atoms with Crippen LogP contribution >= 0.6 is 0 Å². The molecule has 5 heteroatoms. The summed E-state index contributed by atoms with van der Waals surface area (Å²) in [6.07, 6.45) is 5.20. The van der Waals surface area contributed by atoms with Gasteiger partial charge >= 0.3 is 0 Å². The van der Waals surface area contributed by atoms with Crippen molar-refractivity contribution >= 4 is 8.32 Å². The van der Waals surface area contributed by atoms with Crippen LogP contribution in [-0.2, 0) is 4.43 Å². The molecule has 4 nitrogen and oxygen atoms in total. The molecule has 0 N–H and O–H groups in total. The molecule has 0 bridgehead atoms. The predicted molar refractivity (Wildman–Crippen MR) is 80.2 cm³/mol. The SMILES string of the molecule is CC(C)(C)[Si](C)(C)OCCC1CCC=C([N+](=O)[O-])C1. The molecule has 0 radical (unpaired) electrons. The third-order valence-electron chi connectivity index (χ3n) is 4.48. The molecule has 0 amide bonds. The molecule has 0 spiro atoms. The van der Waals surface area contributed by atoms with Gasteiger partial charge in [-0.3, -0.25) is 10.1 Å². The Bertz CT molecular complexity index is 358. The highest BCUT2D eigenvalue weighted by Crippen LogP contribution is 2.37. The Kier molecular flexibility index (Phi) is 5.32. The van der Waals surface area contributed by atoms with E-state index >= 15 is 0 Å². The topological polar surface area (TPSA) is 52.4 Å². The van der Waals surface area contributed by atoms with Gasteiger partial charge in [-0.25, -0.2) is 0 Å². The van der Waals surface area contributed by atoms with Crippen molar-refractivity contribution in [2.45, 2.75) is 64.6 Å². The fraction of sp³-hybridized carbons (Fsp3) is 0.857. The molecule has 0 fully saturated rings. The zero-order chi connectivity index (χ0) is 14.7. The Labute approximate surface area is 117 Å². The van der Waals surface area contributed by atoms with Crippen LogP contribution in [0.1, 0.15) is 46.5 Å². The third-order valence-corrected chi connectivity index (χ3v) is 9.02. The lowest BCUT2D eigenvalue weighted by Gasteiger charge is -2.36. The summed E-state index contributed by atoms with van der Waals surface area (Å²) in [6.45, 7) is 11.9. The Morgan fingerprint density at radius 3 is 2.63 bits per heavy atom. The molecule has 0 aromatic carbocycles. The van der Waals surface area contributed by atoms with Gasteiger partial charge in [-0.05, 0) is 49.4 Å². The molecule has 0 saturated heterocycles. The minimum Gasteiger partial charge on any atom is -0.417 e. The van der Waals surface area contributed by atoms with Gasteiger partial charge in [-0.15, -0.1) is 0 Å². The molecule has 0 heterocycles. The van der Waals surface area contributed by atoms with Crippen molar-refractivity contribution in [3.05, 3.63) is 21.9 Å². The van der Waals surface area contributed by atoms with E-state index in [0.717, 1.165) is 25.9 Å². The Morgan fingerprint density at radius 2 is 2.11 bits per heavy atom. The summed E-state index contributed by atoms with van der Waals surface area (Å²) in [5, 5.41) is 11.0. The van der Waals surface area contributed by atoms with E-state index in [9.17, 15) is 10.1 Å². The minimum absolute atomic E-state index is 0.228. The first-order valence-corrected chi connectivity index (χ1v) is 10.0. The van der Waals surface area contributed by atoms with Crippen molar-refractivity contribution in [2.75, 3.05) is 6.61 Å². The molecule has 1 aliphatic carbocycles. The number of nitro groups is 1. The molecule has 1 atom stereocenters. The molecule has 110 valence electrons. The van der Waals surface area contributed by atoms with Crippen molar-refractivity contribution in [2.24, 2.45) is 5.92 Å². The summed E-state index contributed by atoms with van der Waals surface area (Å²) in [7, 11) is -1.68. The normalized spacial score (nSPS) is 21.1. The summed E-state index contributed by atoms with van der Waals surface area (Å²) < 4.78 is 6.14. The first-order chi connectivity index (χ1) is 8.63. The van der Waals surface area contributed by atoms with Crippen molar-refractivity contribution < 1.29 is 9.35 Å². The van der Waals surface area contributed by atoms with E-state index in [1.165, 1.54) is 0 Å². The molecule has 0 aromatic rings. The molecular formula is C14H27NO3Si. The van der Waals surface area contributed by atoms with E-state index < -0.39 is 8.32 Å².